The summed E-state index contributed by atoms with van der Waals surface area (Å²) in [5.41, 5.74) is 1.02. The molecule has 0 spiro atoms. The summed E-state index contributed by atoms with van der Waals surface area (Å²) >= 11 is 1.59. The number of carbonyl (C=O) groups excluding carboxylic acids is 2. The van der Waals surface area contributed by atoms with E-state index in [1.54, 1.807) is 11.8 Å². The van der Waals surface area contributed by atoms with Crippen molar-refractivity contribution in [2.45, 2.75) is 32.1 Å². The molecule has 0 saturated heterocycles. The molecule has 3 aliphatic rings. The highest BCUT2D eigenvalue weighted by atomic mass is 32.2. The third kappa shape index (κ3) is 3.71. The number of esters is 1. The van der Waals surface area contributed by atoms with Gasteiger partial charge in [-0.15, -0.1) is 0 Å². The van der Waals surface area contributed by atoms with Crippen LogP contribution in [-0.2, 0) is 14.3 Å². The maximum Gasteiger partial charge on any atom is 0.309 e. The molecule has 7 heteroatoms. The molecular weight excluding hydrogens is 314 g/mol. The van der Waals surface area contributed by atoms with Crippen LogP contribution in [0.15, 0.2) is 16.1 Å². The molecule has 2 aliphatic heterocycles. The Morgan fingerprint density at radius 2 is 2.26 bits per heavy atom. The molecule has 1 N–H and O–H groups in total. The molecule has 1 amide bonds. The van der Waals surface area contributed by atoms with Crippen LogP contribution in [0, 0.1) is 11.8 Å². The maximum atomic E-state index is 12.2. The molecule has 1 fully saturated rings. The van der Waals surface area contributed by atoms with Crippen molar-refractivity contribution in [3.8, 4) is 0 Å². The Morgan fingerprint density at radius 3 is 3.09 bits per heavy atom. The number of amides is 1. The van der Waals surface area contributed by atoms with Gasteiger partial charge < -0.3 is 15.0 Å². The number of nitrogens with zero attached hydrogens (tertiary/aromatic N) is 2. The van der Waals surface area contributed by atoms with Gasteiger partial charge in [-0.25, -0.2) is 0 Å². The van der Waals surface area contributed by atoms with Crippen molar-refractivity contribution >= 4 is 28.8 Å². The quantitative estimate of drug-likeness (QED) is 0.774. The molecule has 0 aromatic carbocycles. The number of hydrogen-bond acceptors (Lipinski definition) is 6. The van der Waals surface area contributed by atoms with Gasteiger partial charge in [-0.2, -0.15) is 0 Å². The van der Waals surface area contributed by atoms with Gasteiger partial charge in [0.05, 0.1) is 26.0 Å². The minimum atomic E-state index is -0.142. The minimum Gasteiger partial charge on any atom is -0.469 e. The van der Waals surface area contributed by atoms with Gasteiger partial charge in [0.15, 0.2) is 5.17 Å². The van der Waals surface area contributed by atoms with Crippen LogP contribution in [-0.4, -0.2) is 48.7 Å². The van der Waals surface area contributed by atoms with E-state index in [0.29, 0.717) is 13.0 Å². The number of ether oxygens (including phenoxy) is 1. The van der Waals surface area contributed by atoms with Crippen molar-refractivity contribution in [2.24, 2.45) is 16.8 Å². The number of methoxy groups -OCH3 is 1. The molecule has 0 radical (unpaired) electrons. The van der Waals surface area contributed by atoms with Gasteiger partial charge in [0.2, 0.25) is 5.91 Å². The molecule has 0 aromatic rings. The van der Waals surface area contributed by atoms with E-state index >= 15 is 0 Å². The summed E-state index contributed by atoms with van der Waals surface area (Å²) in [6, 6.07) is 0. The van der Waals surface area contributed by atoms with Crippen molar-refractivity contribution in [3.05, 3.63) is 11.1 Å². The van der Waals surface area contributed by atoms with Crippen molar-refractivity contribution in [1.29, 1.82) is 0 Å². The summed E-state index contributed by atoms with van der Waals surface area (Å²) in [7, 11) is 1.44. The Hall–Kier alpha value is -1.50. The lowest BCUT2D eigenvalue weighted by molar-refractivity contribution is -0.148. The molecule has 0 bridgehead atoms. The summed E-state index contributed by atoms with van der Waals surface area (Å²) in [6.45, 7) is 2.23. The van der Waals surface area contributed by atoms with Gasteiger partial charge in [0.1, 0.15) is 0 Å². The molecule has 3 rings (SSSR count). The van der Waals surface area contributed by atoms with E-state index in [1.165, 1.54) is 7.11 Å². The molecule has 6 nitrogen and oxygen atoms in total. The molecule has 126 valence electrons. The minimum absolute atomic E-state index is 0.0131. The normalized spacial score (nSPS) is 26.4. The van der Waals surface area contributed by atoms with Gasteiger partial charge in [-0.05, 0) is 24.2 Å². The summed E-state index contributed by atoms with van der Waals surface area (Å²) in [5, 5.41) is 6.02. The first-order valence-corrected chi connectivity index (χ1v) is 9.09. The molecule has 0 aromatic heterocycles. The van der Waals surface area contributed by atoms with Crippen LogP contribution < -0.4 is 5.32 Å². The van der Waals surface area contributed by atoms with E-state index in [4.69, 9.17) is 4.74 Å². The number of rotatable bonds is 5. The zero-order valence-corrected chi connectivity index (χ0v) is 14.2. The van der Waals surface area contributed by atoms with Gasteiger partial charge in [0, 0.05) is 18.8 Å². The number of aliphatic imine (C=N–C) groups is 1. The molecule has 1 saturated carbocycles. The predicted molar refractivity (Wildman–Crippen MR) is 89.8 cm³/mol. The first kappa shape index (κ1) is 16.4. The second kappa shape index (κ2) is 7.38. The van der Waals surface area contributed by atoms with Crippen LogP contribution in [0.4, 0.5) is 0 Å². The van der Waals surface area contributed by atoms with Crippen molar-refractivity contribution in [3.63, 3.8) is 0 Å². The molecule has 2 heterocycles. The van der Waals surface area contributed by atoms with E-state index in [9.17, 15) is 9.59 Å². The molecule has 2 atom stereocenters. The fourth-order valence-electron chi connectivity index (χ4n) is 3.50. The smallest absolute Gasteiger partial charge is 0.309 e. The highest BCUT2D eigenvalue weighted by molar-refractivity contribution is 8.16. The van der Waals surface area contributed by atoms with Crippen molar-refractivity contribution in [1.82, 2.24) is 10.2 Å². The lowest BCUT2D eigenvalue weighted by atomic mass is 9.79. The first-order chi connectivity index (χ1) is 11.2. The molecular formula is C16H23N3O3S. The fourth-order valence-corrected chi connectivity index (χ4v) is 4.45. The summed E-state index contributed by atoms with van der Waals surface area (Å²) in [5.74, 6) is -0.0143. The summed E-state index contributed by atoms with van der Waals surface area (Å²) in [4.78, 5) is 30.6. The second-order valence-corrected chi connectivity index (χ2v) is 7.03. The van der Waals surface area contributed by atoms with E-state index < -0.39 is 0 Å². The van der Waals surface area contributed by atoms with Crippen LogP contribution >= 0.6 is 11.8 Å². The zero-order valence-electron chi connectivity index (χ0n) is 13.4. The monoisotopic (exact) mass is 337 g/mol. The Kier molecular flexibility index (Phi) is 5.25. The van der Waals surface area contributed by atoms with E-state index in [2.05, 4.69) is 15.2 Å². The second-order valence-electron chi connectivity index (χ2n) is 6.20. The third-order valence-corrected chi connectivity index (χ3v) is 5.71. The Morgan fingerprint density at radius 1 is 1.43 bits per heavy atom. The summed E-state index contributed by atoms with van der Waals surface area (Å²) < 4.78 is 4.90. The summed E-state index contributed by atoms with van der Waals surface area (Å²) in [6.07, 6.45) is 4.39. The average molecular weight is 337 g/mol. The lowest BCUT2D eigenvalue weighted by Gasteiger charge is -2.29. The van der Waals surface area contributed by atoms with Crippen LogP contribution in [0.3, 0.4) is 0 Å². The van der Waals surface area contributed by atoms with Gasteiger partial charge in [-0.3, -0.25) is 14.6 Å². The Bertz CT molecular complexity index is 547. The SMILES string of the molecule is COC(=O)C1CCCCC1CNC(=O)CC1=CSC2=NCCN12. The van der Waals surface area contributed by atoms with Crippen LogP contribution in [0.25, 0.3) is 0 Å². The van der Waals surface area contributed by atoms with Crippen molar-refractivity contribution < 1.29 is 14.3 Å². The fraction of sp³-hybridized carbons (Fsp3) is 0.688. The van der Waals surface area contributed by atoms with Crippen LogP contribution in [0.2, 0.25) is 0 Å². The molecule has 23 heavy (non-hydrogen) atoms. The van der Waals surface area contributed by atoms with Crippen LogP contribution in [0.1, 0.15) is 32.1 Å². The number of fused-ring (bicyclic) bond motifs is 1. The van der Waals surface area contributed by atoms with Crippen molar-refractivity contribution in [2.75, 3.05) is 26.7 Å². The van der Waals surface area contributed by atoms with E-state index in [1.807, 2.05) is 5.41 Å². The van der Waals surface area contributed by atoms with E-state index in [0.717, 1.165) is 49.6 Å². The van der Waals surface area contributed by atoms with Gasteiger partial charge >= 0.3 is 5.97 Å². The zero-order chi connectivity index (χ0) is 16.2. The topological polar surface area (TPSA) is 71.0 Å². The Balaban J connectivity index is 1.48. The standard InChI is InChI=1S/C16H23N3O3S/c1-22-15(21)13-5-3-2-4-11(13)9-18-14(20)8-12-10-23-16-17-6-7-19(12)16/h10-11,13H,2-9H2,1H3,(H,18,20). The number of thioether (sulfide) groups is 1. The number of hydrogen-bond donors (Lipinski definition) is 1. The van der Waals surface area contributed by atoms with Gasteiger partial charge in [0.25, 0.3) is 0 Å². The highest BCUT2D eigenvalue weighted by Crippen LogP contribution is 2.32. The predicted octanol–water partition coefficient (Wildman–Crippen LogP) is 1.73. The maximum absolute atomic E-state index is 12.2. The van der Waals surface area contributed by atoms with Crippen LogP contribution in [0.5, 0.6) is 0 Å². The Labute approximate surface area is 140 Å². The first-order valence-electron chi connectivity index (χ1n) is 8.21. The number of carbonyl (C=O) groups is 2. The largest absolute Gasteiger partial charge is 0.469 e. The number of amidine groups is 1. The third-order valence-electron chi connectivity index (χ3n) is 4.76. The number of nitrogens with one attached hydrogen (secondary N) is 1. The molecule has 2 unspecified atom stereocenters. The van der Waals surface area contributed by atoms with Gasteiger partial charge in [-0.1, -0.05) is 24.6 Å². The lowest BCUT2D eigenvalue weighted by Crippen LogP contribution is -2.38. The highest BCUT2D eigenvalue weighted by Gasteiger charge is 2.32. The average Bonchev–Trinajstić information content (AvgIpc) is 3.17. The molecule has 1 aliphatic carbocycles. The van der Waals surface area contributed by atoms with E-state index in [-0.39, 0.29) is 23.7 Å².